The Morgan fingerprint density at radius 1 is 1.10 bits per heavy atom. The first-order chi connectivity index (χ1) is 14.7. The quantitative estimate of drug-likeness (QED) is 0.367. The lowest BCUT2D eigenvalue weighted by Crippen LogP contribution is -2.23. The van der Waals surface area contributed by atoms with Crippen LogP contribution in [0.3, 0.4) is 0 Å². The monoisotopic (exact) mass is 408 g/mol. The Morgan fingerprint density at radius 3 is 2.83 bits per heavy atom. The summed E-state index contributed by atoms with van der Waals surface area (Å²) in [5, 5.41) is 5.88. The number of H-pyrrole nitrogens is 1. The molecule has 0 saturated heterocycles. The molecule has 4 rings (SSSR count). The molecule has 154 valence electrons. The molecule has 0 atom stereocenters. The summed E-state index contributed by atoms with van der Waals surface area (Å²) in [5.74, 6) is 0.550. The minimum Gasteiger partial charge on any atom is -0.436 e. The van der Waals surface area contributed by atoms with E-state index in [1.54, 1.807) is 0 Å². The molecule has 8 nitrogen and oxygen atoms in total. The standard InChI is InChI=1S/C21H21FN6O2/c22-14-4-3-9-24-17(14)12-26-21(29)18-13-25-20(30-18)8-11-23-10-7-19-27-15-5-1-2-6-16(15)28-19/h1-6,9,13,23H,7-8,10-12H2,(H,26,29)(H,27,28). The zero-order chi connectivity index (χ0) is 20.8. The first-order valence-electron chi connectivity index (χ1n) is 9.65. The van der Waals surface area contributed by atoms with Gasteiger partial charge in [0.05, 0.1) is 29.5 Å². The minimum absolute atomic E-state index is 0.0229. The van der Waals surface area contributed by atoms with E-state index in [4.69, 9.17) is 4.42 Å². The predicted molar refractivity (Wildman–Crippen MR) is 108 cm³/mol. The maximum Gasteiger partial charge on any atom is 0.289 e. The summed E-state index contributed by atoms with van der Waals surface area (Å²) in [7, 11) is 0. The lowest BCUT2D eigenvalue weighted by Gasteiger charge is -2.03. The third-order valence-electron chi connectivity index (χ3n) is 4.52. The lowest BCUT2D eigenvalue weighted by atomic mass is 10.3. The van der Waals surface area contributed by atoms with E-state index in [0.29, 0.717) is 18.9 Å². The fraction of sp³-hybridized carbons (Fsp3) is 0.238. The number of halogens is 1. The van der Waals surface area contributed by atoms with Crippen molar-refractivity contribution >= 4 is 16.9 Å². The van der Waals surface area contributed by atoms with Gasteiger partial charge in [-0.15, -0.1) is 0 Å². The normalized spacial score (nSPS) is 11.1. The maximum absolute atomic E-state index is 13.5. The summed E-state index contributed by atoms with van der Waals surface area (Å²) in [6.07, 6.45) is 4.16. The first kappa shape index (κ1) is 19.7. The van der Waals surface area contributed by atoms with E-state index in [1.807, 2.05) is 24.3 Å². The van der Waals surface area contributed by atoms with Crippen LogP contribution in [0.25, 0.3) is 11.0 Å². The smallest absolute Gasteiger partial charge is 0.289 e. The number of benzene rings is 1. The average molecular weight is 408 g/mol. The van der Waals surface area contributed by atoms with Gasteiger partial charge in [-0.3, -0.25) is 9.78 Å². The number of oxazole rings is 1. The molecule has 0 aliphatic carbocycles. The Kier molecular flexibility index (Phi) is 6.09. The SMILES string of the molecule is O=C(NCc1ncccc1F)c1cnc(CCNCCc2nc3ccccc3[nH]2)o1. The van der Waals surface area contributed by atoms with Gasteiger partial charge in [0.15, 0.2) is 5.89 Å². The van der Waals surface area contributed by atoms with Crippen LogP contribution in [0.15, 0.2) is 53.2 Å². The molecule has 30 heavy (non-hydrogen) atoms. The lowest BCUT2D eigenvalue weighted by molar-refractivity contribution is 0.0920. The number of hydrogen-bond acceptors (Lipinski definition) is 6. The van der Waals surface area contributed by atoms with Crippen molar-refractivity contribution in [1.82, 2.24) is 30.6 Å². The number of imidazole rings is 1. The number of hydrogen-bond donors (Lipinski definition) is 3. The Balaban J connectivity index is 1.19. The topological polar surface area (TPSA) is 109 Å². The fourth-order valence-corrected chi connectivity index (χ4v) is 2.98. The summed E-state index contributed by atoms with van der Waals surface area (Å²) >= 11 is 0. The molecule has 1 aromatic carbocycles. The molecule has 4 aromatic rings. The third-order valence-corrected chi connectivity index (χ3v) is 4.52. The highest BCUT2D eigenvalue weighted by Gasteiger charge is 2.13. The maximum atomic E-state index is 13.5. The number of aromatic nitrogens is 4. The van der Waals surface area contributed by atoms with Crippen LogP contribution in [-0.4, -0.2) is 38.9 Å². The molecule has 1 amide bonds. The molecule has 3 N–H and O–H groups in total. The number of rotatable bonds is 9. The number of aromatic amines is 1. The molecule has 0 fully saturated rings. The number of amides is 1. The van der Waals surface area contributed by atoms with Gasteiger partial charge in [0.1, 0.15) is 11.6 Å². The Labute approximate surface area is 172 Å². The van der Waals surface area contributed by atoms with Crippen LogP contribution in [0.2, 0.25) is 0 Å². The number of nitrogens with one attached hydrogen (secondary N) is 3. The number of fused-ring (bicyclic) bond motifs is 1. The van der Waals surface area contributed by atoms with Gasteiger partial charge < -0.3 is 20.0 Å². The number of carbonyl (C=O) groups is 1. The van der Waals surface area contributed by atoms with Crippen molar-refractivity contribution in [2.45, 2.75) is 19.4 Å². The third kappa shape index (κ3) is 4.87. The predicted octanol–water partition coefficient (Wildman–Crippen LogP) is 2.39. The van der Waals surface area contributed by atoms with Gasteiger partial charge >= 0.3 is 0 Å². The summed E-state index contributed by atoms with van der Waals surface area (Å²) in [6.45, 7) is 1.38. The van der Waals surface area contributed by atoms with Crippen LogP contribution in [0.5, 0.6) is 0 Å². The van der Waals surface area contributed by atoms with Gasteiger partial charge in [-0.1, -0.05) is 12.1 Å². The zero-order valence-electron chi connectivity index (χ0n) is 16.2. The summed E-state index contributed by atoms with van der Waals surface area (Å²) in [5.41, 5.74) is 2.16. The molecule has 3 heterocycles. The zero-order valence-corrected chi connectivity index (χ0v) is 16.2. The second-order valence-corrected chi connectivity index (χ2v) is 6.68. The van der Waals surface area contributed by atoms with Gasteiger partial charge in [0, 0.05) is 32.1 Å². The Hall–Kier alpha value is -3.59. The van der Waals surface area contributed by atoms with Crippen LogP contribution in [0, 0.1) is 5.82 Å². The van der Waals surface area contributed by atoms with E-state index in [-0.39, 0.29) is 18.0 Å². The van der Waals surface area contributed by atoms with Crippen LogP contribution in [0.1, 0.15) is 28.0 Å². The van der Waals surface area contributed by atoms with Gasteiger partial charge in [-0.25, -0.2) is 14.4 Å². The van der Waals surface area contributed by atoms with Crippen molar-refractivity contribution < 1.29 is 13.6 Å². The second kappa shape index (κ2) is 9.27. The molecule has 0 radical (unpaired) electrons. The Morgan fingerprint density at radius 2 is 1.97 bits per heavy atom. The van der Waals surface area contributed by atoms with Crippen LogP contribution >= 0.6 is 0 Å². The highest BCUT2D eigenvalue weighted by molar-refractivity contribution is 5.91. The van der Waals surface area contributed by atoms with E-state index >= 15 is 0 Å². The van der Waals surface area contributed by atoms with E-state index in [0.717, 1.165) is 29.8 Å². The van der Waals surface area contributed by atoms with Gasteiger partial charge in [-0.2, -0.15) is 0 Å². The Bertz CT molecular complexity index is 1110. The van der Waals surface area contributed by atoms with Crippen molar-refractivity contribution in [3.63, 3.8) is 0 Å². The van der Waals surface area contributed by atoms with Crippen molar-refractivity contribution in [3.8, 4) is 0 Å². The summed E-state index contributed by atoms with van der Waals surface area (Å²) < 4.78 is 19.0. The molecule has 0 aliphatic heterocycles. The number of nitrogens with zero attached hydrogens (tertiary/aromatic N) is 3. The molecule has 3 aromatic heterocycles. The molecular weight excluding hydrogens is 387 g/mol. The number of pyridine rings is 1. The van der Waals surface area contributed by atoms with Crippen LogP contribution < -0.4 is 10.6 Å². The van der Waals surface area contributed by atoms with E-state index in [1.165, 1.54) is 24.5 Å². The summed E-state index contributed by atoms with van der Waals surface area (Å²) in [6, 6.07) is 10.7. The molecule has 0 saturated carbocycles. The number of carbonyl (C=O) groups excluding carboxylic acids is 1. The molecule has 0 spiro atoms. The molecular formula is C21H21FN6O2. The van der Waals surface area contributed by atoms with E-state index < -0.39 is 11.7 Å². The molecule has 0 unspecified atom stereocenters. The number of para-hydroxylation sites is 2. The van der Waals surface area contributed by atoms with Crippen molar-refractivity contribution in [2.24, 2.45) is 0 Å². The van der Waals surface area contributed by atoms with Crippen molar-refractivity contribution in [2.75, 3.05) is 13.1 Å². The first-order valence-corrected chi connectivity index (χ1v) is 9.65. The van der Waals surface area contributed by atoms with Crippen molar-refractivity contribution in [3.05, 3.63) is 77.8 Å². The fourth-order valence-electron chi connectivity index (χ4n) is 2.98. The highest BCUT2D eigenvalue weighted by atomic mass is 19.1. The average Bonchev–Trinajstić information content (AvgIpc) is 3.39. The molecule has 9 heteroatoms. The van der Waals surface area contributed by atoms with Gasteiger partial charge in [-0.05, 0) is 24.3 Å². The second-order valence-electron chi connectivity index (χ2n) is 6.68. The summed E-state index contributed by atoms with van der Waals surface area (Å²) in [4.78, 5) is 28.0. The largest absolute Gasteiger partial charge is 0.436 e. The molecule has 0 aliphatic rings. The minimum atomic E-state index is -0.468. The van der Waals surface area contributed by atoms with E-state index in [2.05, 4.69) is 30.6 Å². The van der Waals surface area contributed by atoms with Crippen molar-refractivity contribution in [1.29, 1.82) is 0 Å². The van der Waals surface area contributed by atoms with Crippen LogP contribution in [-0.2, 0) is 19.4 Å². The van der Waals surface area contributed by atoms with Gasteiger partial charge in [0.25, 0.3) is 5.91 Å². The van der Waals surface area contributed by atoms with E-state index in [9.17, 15) is 9.18 Å². The molecule has 0 bridgehead atoms. The highest BCUT2D eigenvalue weighted by Crippen LogP contribution is 2.10. The van der Waals surface area contributed by atoms with Crippen LogP contribution in [0.4, 0.5) is 4.39 Å². The van der Waals surface area contributed by atoms with Gasteiger partial charge in [0.2, 0.25) is 5.76 Å².